The summed E-state index contributed by atoms with van der Waals surface area (Å²) >= 11 is 2.05. The number of aryl methyl sites for hydroxylation is 1. The summed E-state index contributed by atoms with van der Waals surface area (Å²) in [6.07, 6.45) is 2.17. The Morgan fingerprint density at radius 2 is 2.33 bits per heavy atom. The quantitative estimate of drug-likeness (QED) is 0.908. The number of hydrogen-bond donors (Lipinski definition) is 1. The fourth-order valence-electron chi connectivity index (χ4n) is 2.32. The topological polar surface area (TPSA) is 42.1 Å². The van der Waals surface area contributed by atoms with E-state index in [-0.39, 0.29) is 0 Å². The molecule has 1 saturated heterocycles. The molecule has 1 aliphatic rings. The van der Waals surface area contributed by atoms with Gasteiger partial charge in [-0.05, 0) is 24.1 Å². The van der Waals surface area contributed by atoms with Crippen LogP contribution in [0, 0.1) is 0 Å². The van der Waals surface area contributed by atoms with Crippen molar-refractivity contribution in [3.63, 3.8) is 0 Å². The molecule has 0 radical (unpaired) electrons. The molecule has 0 spiro atoms. The third-order valence-electron chi connectivity index (χ3n) is 3.23. The lowest BCUT2D eigenvalue weighted by Crippen LogP contribution is -2.37. The molecule has 2 rings (SSSR count). The Bertz CT molecular complexity index is 395. The van der Waals surface area contributed by atoms with Crippen molar-refractivity contribution in [1.82, 2.24) is 4.98 Å². The minimum Gasteiger partial charge on any atom is -0.355 e. The maximum atomic E-state index is 5.79. The summed E-state index contributed by atoms with van der Waals surface area (Å²) in [7, 11) is 0. The van der Waals surface area contributed by atoms with Crippen LogP contribution in [0.5, 0.6) is 0 Å². The normalized spacial score (nSPS) is 20.2. The predicted molar refractivity (Wildman–Crippen MR) is 80.3 cm³/mol. The second-order valence-corrected chi connectivity index (χ2v) is 6.45. The van der Waals surface area contributed by atoms with Gasteiger partial charge in [0.15, 0.2) is 0 Å². The van der Waals surface area contributed by atoms with E-state index in [0.717, 1.165) is 31.7 Å². The molecule has 0 amide bonds. The summed E-state index contributed by atoms with van der Waals surface area (Å²) in [4.78, 5) is 7.19. The molecule has 1 aromatic rings. The van der Waals surface area contributed by atoms with Crippen molar-refractivity contribution in [3.05, 3.63) is 23.4 Å². The number of rotatable bonds is 4. The maximum absolute atomic E-state index is 5.79. The van der Waals surface area contributed by atoms with Crippen molar-refractivity contribution in [3.8, 4) is 0 Å². The SMILES string of the molecule is CCCc1cc(CN)cc(N2CCSC(C)C2)n1. The van der Waals surface area contributed by atoms with Gasteiger partial charge in [-0.15, -0.1) is 0 Å². The van der Waals surface area contributed by atoms with Gasteiger partial charge in [-0.1, -0.05) is 20.3 Å². The number of aromatic nitrogens is 1. The first-order chi connectivity index (χ1) is 8.72. The van der Waals surface area contributed by atoms with E-state index in [4.69, 9.17) is 10.7 Å². The number of hydrogen-bond acceptors (Lipinski definition) is 4. The predicted octanol–water partition coefficient (Wildman–Crippen LogP) is 2.43. The van der Waals surface area contributed by atoms with Crippen LogP contribution in [0.25, 0.3) is 0 Å². The molecule has 1 unspecified atom stereocenters. The maximum Gasteiger partial charge on any atom is 0.129 e. The van der Waals surface area contributed by atoms with Gasteiger partial charge >= 0.3 is 0 Å². The van der Waals surface area contributed by atoms with Crippen molar-refractivity contribution in [2.45, 2.75) is 38.5 Å². The summed E-state index contributed by atoms with van der Waals surface area (Å²) < 4.78 is 0. The fourth-order valence-corrected chi connectivity index (χ4v) is 3.34. The summed E-state index contributed by atoms with van der Waals surface area (Å²) in [6, 6.07) is 4.30. The molecule has 1 fully saturated rings. The highest BCUT2D eigenvalue weighted by Gasteiger charge is 2.18. The lowest BCUT2D eigenvalue weighted by Gasteiger charge is -2.32. The highest BCUT2D eigenvalue weighted by atomic mass is 32.2. The molecule has 1 aliphatic heterocycles. The van der Waals surface area contributed by atoms with Gasteiger partial charge in [0.05, 0.1) is 0 Å². The molecular formula is C14H23N3S. The third kappa shape index (κ3) is 3.39. The molecule has 0 aromatic carbocycles. The monoisotopic (exact) mass is 265 g/mol. The molecule has 3 nitrogen and oxygen atoms in total. The molecule has 1 aromatic heterocycles. The Hall–Kier alpha value is -0.740. The van der Waals surface area contributed by atoms with Crippen LogP contribution in [0.15, 0.2) is 12.1 Å². The van der Waals surface area contributed by atoms with Gasteiger partial charge in [-0.25, -0.2) is 4.98 Å². The van der Waals surface area contributed by atoms with E-state index in [1.165, 1.54) is 17.0 Å². The summed E-state index contributed by atoms with van der Waals surface area (Å²) in [5.74, 6) is 2.31. The lowest BCUT2D eigenvalue weighted by atomic mass is 10.1. The number of nitrogens with zero attached hydrogens (tertiary/aromatic N) is 2. The first-order valence-electron chi connectivity index (χ1n) is 6.79. The Morgan fingerprint density at radius 1 is 1.50 bits per heavy atom. The Morgan fingerprint density at radius 3 is 3.00 bits per heavy atom. The van der Waals surface area contributed by atoms with E-state index in [9.17, 15) is 0 Å². The minimum absolute atomic E-state index is 0.602. The molecule has 2 heterocycles. The van der Waals surface area contributed by atoms with Crippen molar-refractivity contribution in [2.24, 2.45) is 5.73 Å². The molecule has 2 N–H and O–H groups in total. The minimum atomic E-state index is 0.602. The number of thioether (sulfide) groups is 1. The highest BCUT2D eigenvalue weighted by Crippen LogP contribution is 2.23. The summed E-state index contributed by atoms with van der Waals surface area (Å²) in [5, 5.41) is 0.691. The highest BCUT2D eigenvalue weighted by molar-refractivity contribution is 8.00. The Labute approximate surface area is 114 Å². The van der Waals surface area contributed by atoms with Gasteiger partial charge in [0, 0.05) is 36.3 Å². The van der Waals surface area contributed by atoms with E-state index in [1.54, 1.807) is 0 Å². The molecule has 0 aliphatic carbocycles. The van der Waals surface area contributed by atoms with Crippen molar-refractivity contribution < 1.29 is 0 Å². The van der Waals surface area contributed by atoms with Crippen LogP contribution in [0.1, 0.15) is 31.5 Å². The largest absolute Gasteiger partial charge is 0.355 e. The average Bonchev–Trinajstić information content (AvgIpc) is 2.39. The van der Waals surface area contributed by atoms with Gasteiger partial charge < -0.3 is 10.6 Å². The second-order valence-electron chi connectivity index (χ2n) is 4.91. The molecule has 0 bridgehead atoms. The molecule has 1 atom stereocenters. The van der Waals surface area contributed by atoms with E-state index < -0.39 is 0 Å². The average molecular weight is 265 g/mol. The number of nitrogens with two attached hydrogens (primary N) is 1. The first kappa shape index (κ1) is 13.7. The van der Waals surface area contributed by atoms with Gasteiger partial charge in [0.25, 0.3) is 0 Å². The van der Waals surface area contributed by atoms with Crippen molar-refractivity contribution in [1.29, 1.82) is 0 Å². The van der Waals surface area contributed by atoms with E-state index >= 15 is 0 Å². The standard InChI is InChI=1S/C14H23N3S/c1-3-4-13-7-12(9-15)8-14(16-13)17-5-6-18-11(2)10-17/h7-8,11H,3-6,9-10,15H2,1-2H3. The van der Waals surface area contributed by atoms with Crippen LogP contribution >= 0.6 is 11.8 Å². The zero-order valence-electron chi connectivity index (χ0n) is 11.4. The van der Waals surface area contributed by atoms with E-state index in [2.05, 4.69) is 30.9 Å². The van der Waals surface area contributed by atoms with Gasteiger partial charge in [0.2, 0.25) is 0 Å². The van der Waals surface area contributed by atoms with Gasteiger partial charge in [0.1, 0.15) is 5.82 Å². The van der Waals surface area contributed by atoms with Crippen LogP contribution in [0.3, 0.4) is 0 Å². The van der Waals surface area contributed by atoms with Crippen molar-refractivity contribution in [2.75, 3.05) is 23.7 Å². The Kier molecular flexibility index (Phi) is 4.89. The molecule has 4 heteroatoms. The third-order valence-corrected chi connectivity index (χ3v) is 4.37. The van der Waals surface area contributed by atoms with Crippen LogP contribution in [-0.4, -0.2) is 29.1 Å². The zero-order chi connectivity index (χ0) is 13.0. The first-order valence-corrected chi connectivity index (χ1v) is 7.84. The van der Waals surface area contributed by atoms with E-state index in [0.29, 0.717) is 11.8 Å². The number of anilines is 1. The Balaban J connectivity index is 2.22. The molecule has 18 heavy (non-hydrogen) atoms. The second kappa shape index (κ2) is 6.43. The van der Waals surface area contributed by atoms with Crippen LogP contribution in [0.4, 0.5) is 5.82 Å². The van der Waals surface area contributed by atoms with Crippen LogP contribution < -0.4 is 10.6 Å². The molecular weight excluding hydrogens is 242 g/mol. The van der Waals surface area contributed by atoms with Gasteiger partial charge in [-0.3, -0.25) is 0 Å². The molecule has 100 valence electrons. The molecule has 0 saturated carbocycles. The zero-order valence-corrected chi connectivity index (χ0v) is 12.2. The fraction of sp³-hybridized carbons (Fsp3) is 0.643. The summed E-state index contributed by atoms with van der Waals surface area (Å²) in [5.41, 5.74) is 8.18. The van der Waals surface area contributed by atoms with Crippen LogP contribution in [-0.2, 0) is 13.0 Å². The number of pyridine rings is 1. The van der Waals surface area contributed by atoms with E-state index in [1.807, 2.05) is 11.8 Å². The smallest absolute Gasteiger partial charge is 0.129 e. The lowest BCUT2D eigenvalue weighted by molar-refractivity contribution is 0.760. The van der Waals surface area contributed by atoms with Crippen LogP contribution in [0.2, 0.25) is 0 Å². The van der Waals surface area contributed by atoms with Crippen molar-refractivity contribution >= 4 is 17.6 Å². The summed E-state index contributed by atoms with van der Waals surface area (Å²) in [6.45, 7) is 7.27. The van der Waals surface area contributed by atoms with Gasteiger partial charge in [-0.2, -0.15) is 11.8 Å².